The topological polar surface area (TPSA) is 6.25 Å². The molecule has 0 fully saturated rings. The third kappa shape index (κ3) is 2.07. The predicted molar refractivity (Wildman–Crippen MR) is 60.9 cm³/mol. The molecule has 0 radical (unpaired) electrons. The Balaban J connectivity index is 4.27. The van der Waals surface area contributed by atoms with Crippen LogP contribution in [0.4, 0.5) is 56.5 Å². The van der Waals surface area contributed by atoms with Gasteiger partial charge in [-0.05, 0) is 0 Å². The number of hydrogen-bond donors (Lipinski definition) is 0. The van der Waals surface area contributed by atoms with E-state index in [4.69, 9.17) is 0 Å². The molecule has 0 bridgehead atoms. The van der Waals surface area contributed by atoms with Gasteiger partial charge in [-0.25, -0.2) is 0 Å². The summed E-state index contributed by atoms with van der Waals surface area (Å²) in [6.07, 6.45) is -15.5. The first-order valence-corrected chi connectivity index (χ1v) is 8.40. The van der Waals surface area contributed by atoms with E-state index >= 15 is 0 Å². The van der Waals surface area contributed by atoms with Gasteiger partial charge in [-0.1, -0.05) is 0 Å². The molecule has 1 heterocycles. The molecule has 0 spiro atoms. The van der Waals surface area contributed by atoms with Gasteiger partial charge < -0.3 is 0 Å². The van der Waals surface area contributed by atoms with Gasteiger partial charge in [0.1, 0.15) is 0 Å². The summed E-state index contributed by atoms with van der Waals surface area (Å²) in [6, 6.07) is 0. The molecule has 0 aromatic heterocycles. The van der Waals surface area contributed by atoms with E-state index in [1.54, 1.807) is 0 Å². The van der Waals surface area contributed by atoms with Crippen molar-refractivity contribution in [1.82, 2.24) is 4.90 Å². The fraction of sp³-hybridized carbons (Fsp3) is 0.889. The van der Waals surface area contributed by atoms with Crippen LogP contribution >= 0.6 is 6.88 Å². The fourth-order valence-electron chi connectivity index (χ4n) is 2.49. The number of halogens is 13. The van der Waals surface area contributed by atoms with Crippen LogP contribution < -0.4 is 0 Å². The van der Waals surface area contributed by atoms with E-state index in [0.717, 1.165) is 0 Å². The molecule has 0 amide bonds. The Hall–Kier alpha value is -1.01. The van der Waals surface area contributed by atoms with E-state index in [1.165, 1.54) is 0 Å². The van der Waals surface area contributed by atoms with Crippen molar-refractivity contribution in [3.63, 3.8) is 0 Å². The number of likely N-dealkylation sites (N-methyl/N-ethyl adjacent to an activating group) is 2. The third-order valence-corrected chi connectivity index (χ3v) is 8.20. The molecule has 152 valence electrons. The van der Waals surface area contributed by atoms with Crippen molar-refractivity contribution in [3.05, 3.63) is 0 Å². The molecular weight excluding hydrogens is 414 g/mol. The molecule has 25 heavy (non-hydrogen) atoms. The van der Waals surface area contributed by atoms with Gasteiger partial charge in [-0.3, -0.25) is 0 Å². The molecule has 0 aliphatic carbocycles. The van der Waals surface area contributed by atoms with E-state index in [2.05, 4.69) is 0 Å². The summed E-state index contributed by atoms with van der Waals surface area (Å²) in [6.45, 7) is -14.6. The summed E-state index contributed by atoms with van der Waals surface area (Å²) < 4.78 is 172. The van der Waals surface area contributed by atoms with Crippen LogP contribution in [0.3, 0.4) is 0 Å². The minimum atomic E-state index is -12.6. The summed E-state index contributed by atoms with van der Waals surface area (Å²) >= 11 is 0. The van der Waals surface area contributed by atoms with Gasteiger partial charge >= 0.3 is 129 Å². The minimum absolute atomic E-state index is 0.196. The van der Waals surface area contributed by atoms with Crippen LogP contribution in [0.5, 0.6) is 0 Å². The van der Waals surface area contributed by atoms with Crippen LogP contribution in [-0.4, -0.2) is 65.9 Å². The van der Waals surface area contributed by atoms with Crippen LogP contribution in [0.2, 0.25) is 0 Å². The van der Waals surface area contributed by atoms with Gasteiger partial charge in [0.2, 0.25) is 0 Å². The number of nitrogens with zero attached hydrogens (tertiary/aromatic N) is 2. The van der Waals surface area contributed by atoms with Crippen LogP contribution in [0.1, 0.15) is 0 Å². The van der Waals surface area contributed by atoms with Crippen molar-refractivity contribution in [3.8, 4) is 0 Å². The zero-order valence-corrected chi connectivity index (χ0v) is 13.1. The first-order chi connectivity index (χ1) is 10.5. The van der Waals surface area contributed by atoms with Gasteiger partial charge in [0.15, 0.2) is 0 Å². The van der Waals surface area contributed by atoms with Crippen molar-refractivity contribution in [2.24, 2.45) is 0 Å². The van der Waals surface area contributed by atoms with Crippen LogP contribution in [0.15, 0.2) is 0 Å². The average molecular weight is 424 g/mol. The Morgan fingerprint density at radius 2 is 1.12 bits per heavy atom. The molecule has 0 saturated heterocycles. The molecule has 1 aliphatic heterocycles. The molecule has 16 heteroatoms. The summed E-state index contributed by atoms with van der Waals surface area (Å²) in [5, 5.41) is 0. The monoisotopic (exact) mass is 424 g/mol. The van der Waals surface area contributed by atoms with Crippen molar-refractivity contribution in [2.75, 3.05) is 27.2 Å². The number of rotatable bonds is 3. The zero-order chi connectivity index (χ0) is 20.6. The Morgan fingerprint density at radius 1 is 0.800 bits per heavy atom. The van der Waals surface area contributed by atoms with Gasteiger partial charge in [0.05, 0.1) is 0 Å². The summed E-state index contributed by atoms with van der Waals surface area (Å²) in [5.74, 6) is 0. The second-order valence-corrected chi connectivity index (χ2v) is 9.61. The molecule has 2 nitrogen and oxygen atoms in total. The average Bonchev–Trinajstić information content (AvgIpc) is 2.66. The van der Waals surface area contributed by atoms with Gasteiger partial charge in [-0.2, -0.15) is 0 Å². The van der Waals surface area contributed by atoms with Crippen LogP contribution in [0, 0.1) is 0 Å². The second-order valence-electron chi connectivity index (χ2n) is 5.51. The van der Waals surface area contributed by atoms with Gasteiger partial charge in [0, 0.05) is 0 Å². The molecule has 1 rings (SSSR count). The summed E-state index contributed by atoms with van der Waals surface area (Å²) in [4.78, 5) is -0.505. The third-order valence-electron chi connectivity index (χ3n) is 3.76. The van der Waals surface area contributed by atoms with Crippen molar-refractivity contribution in [1.29, 1.82) is 0 Å². The van der Waals surface area contributed by atoms with Crippen molar-refractivity contribution >= 4 is 12.5 Å². The molecule has 1 aliphatic rings. The quantitative estimate of drug-likeness (QED) is 0.352. The maximum absolute atomic E-state index is 14.7. The summed E-state index contributed by atoms with van der Waals surface area (Å²) in [7, 11) is 0.391. The van der Waals surface area contributed by atoms with Gasteiger partial charge in [-0.15, -0.1) is 0 Å². The Morgan fingerprint density at radius 3 is 1.32 bits per heavy atom. The van der Waals surface area contributed by atoms with E-state index in [1.807, 2.05) is 0 Å². The molecule has 0 N–H and O–H groups in total. The maximum atomic E-state index is 14.7. The standard InChI is InChI=1S/C9H10F13N2P/c1-23-3-4-24(2)5(23)25(20,21,22,8(16,17)6(10,11)12)9(18,19)7(13,14)15/h3-4H2,1-2H3. The number of amidine groups is 1. The Labute approximate surface area is 130 Å². The van der Waals surface area contributed by atoms with E-state index < -0.39 is 58.7 Å². The normalized spacial score (nSPS) is 21.5. The molecule has 0 atom stereocenters. The van der Waals surface area contributed by atoms with Gasteiger partial charge in [0.25, 0.3) is 0 Å². The SMILES string of the molecule is CN1CC[N+](C)=C1[P-](F)(F)(F)(C(F)(F)C(F)(F)F)C(F)(F)C(F)(F)F. The summed E-state index contributed by atoms with van der Waals surface area (Å²) in [5.41, 5.74) is -20.0. The predicted octanol–water partition coefficient (Wildman–Crippen LogP) is 4.98. The zero-order valence-electron chi connectivity index (χ0n) is 12.2. The fourth-order valence-corrected chi connectivity index (χ4v) is 6.08. The second kappa shape index (κ2) is 4.63. The Bertz CT molecular complexity index is 587. The number of hydrogen-bond acceptors (Lipinski definition) is 1. The van der Waals surface area contributed by atoms with E-state index in [0.29, 0.717) is 0 Å². The molecule has 0 aromatic rings. The number of alkyl halides is 10. The van der Waals surface area contributed by atoms with Crippen LogP contribution in [0.25, 0.3) is 0 Å². The Kier molecular flexibility index (Phi) is 4.08. The molecule has 0 saturated carbocycles. The van der Waals surface area contributed by atoms with E-state index in [-0.39, 0.29) is 14.1 Å². The van der Waals surface area contributed by atoms with Crippen LogP contribution in [-0.2, 0) is 0 Å². The first kappa shape index (κ1) is 22.0. The molecule has 0 aromatic carbocycles. The van der Waals surface area contributed by atoms with Crippen molar-refractivity contribution in [2.45, 2.75) is 23.7 Å². The molecule has 0 unspecified atom stereocenters. The first-order valence-electron chi connectivity index (χ1n) is 6.04. The van der Waals surface area contributed by atoms with E-state index in [9.17, 15) is 56.5 Å². The molecular formula is C9H10F13N2P. The van der Waals surface area contributed by atoms with Crippen molar-refractivity contribution < 1.29 is 61.1 Å².